The van der Waals surface area contributed by atoms with Gasteiger partial charge in [-0.15, -0.1) is 0 Å². The lowest BCUT2D eigenvalue weighted by atomic mass is 9.88. The molecule has 0 amide bonds. The van der Waals surface area contributed by atoms with Crippen molar-refractivity contribution >= 4 is 0 Å². The SMILES string of the molecule is CC(C)[C@H](CN)c1ccc2c(c1)OCCCO2. The molecular formula is C14H21NO2. The number of ether oxygens (including phenoxy) is 2. The third-order valence-electron chi connectivity index (χ3n) is 3.26. The van der Waals surface area contributed by atoms with Gasteiger partial charge in [-0.3, -0.25) is 0 Å². The average Bonchev–Trinajstić information content (AvgIpc) is 2.54. The molecule has 0 saturated carbocycles. The maximum atomic E-state index is 5.84. The predicted octanol–water partition coefficient (Wildman–Crippen LogP) is 2.55. The van der Waals surface area contributed by atoms with Crippen LogP contribution < -0.4 is 15.2 Å². The van der Waals surface area contributed by atoms with E-state index in [1.807, 2.05) is 6.07 Å². The predicted molar refractivity (Wildman–Crippen MR) is 68.7 cm³/mol. The van der Waals surface area contributed by atoms with E-state index in [9.17, 15) is 0 Å². The highest BCUT2D eigenvalue weighted by molar-refractivity contribution is 5.44. The largest absolute Gasteiger partial charge is 0.490 e. The quantitative estimate of drug-likeness (QED) is 0.875. The highest BCUT2D eigenvalue weighted by Gasteiger charge is 2.17. The second-order valence-electron chi connectivity index (χ2n) is 4.84. The molecule has 0 aromatic heterocycles. The summed E-state index contributed by atoms with van der Waals surface area (Å²) in [5.74, 6) is 2.63. The molecule has 0 aliphatic carbocycles. The summed E-state index contributed by atoms with van der Waals surface area (Å²) in [6.45, 7) is 6.51. The Balaban J connectivity index is 2.28. The lowest BCUT2D eigenvalue weighted by molar-refractivity contribution is 0.297. The third kappa shape index (κ3) is 2.72. The minimum atomic E-state index is 0.382. The van der Waals surface area contributed by atoms with E-state index in [-0.39, 0.29) is 0 Å². The van der Waals surface area contributed by atoms with Crippen molar-refractivity contribution in [3.8, 4) is 11.5 Å². The molecule has 0 spiro atoms. The molecule has 1 aromatic carbocycles. The smallest absolute Gasteiger partial charge is 0.161 e. The molecule has 1 atom stereocenters. The van der Waals surface area contributed by atoms with Crippen LogP contribution >= 0.6 is 0 Å². The van der Waals surface area contributed by atoms with E-state index in [2.05, 4.69) is 26.0 Å². The van der Waals surface area contributed by atoms with Crippen LogP contribution in [0.4, 0.5) is 0 Å². The summed E-state index contributed by atoms with van der Waals surface area (Å²) in [6, 6.07) is 6.18. The molecule has 0 unspecified atom stereocenters. The number of nitrogens with two attached hydrogens (primary N) is 1. The van der Waals surface area contributed by atoms with Gasteiger partial charge in [0.05, 0.1) is 13.2 Å². The fourth-order valence-corrected chi connectivity index (χ4v) is 2.20. The third-order valence-corrected chi connectivity index (χ3v) is 3.26. The summed E-state index contributed by atoms with van der Waals surface area (Å²) >= 11 is 0. The minimum Gasteiger partial charge on any atom is -0.490 e. The van der Waals surface area contributed by atoms with Gasteiger partial charge in [0.25, 0.3) is 0 Å². The average molecular weight is 235 g/mol. The summed E-state index contributed by atoms with van der Waals surface area (Å²) in [6.07, 6.45) is 0.939. The van der Waals surface area contributed by atoms with Gasteiger partial charge in [-0.2, -0.15) is 0 Å². The Labute approximate surface area is 103 Å². The first-order chi connectivity index (χ1) is 8.22. The van der Waals surface area contributed by atoms with E-state index in [0.29, 0.717) is 18.4 Å². The normalized spacial score (nSPS) is 16.7. The standard InChI is InChI=1S/C14H21NO2/c1-10(2)12(9-15)11-4-5-13-14(8-11)17-7-3-6-16-13/h4-5,8,10,12H,3,6-7,9,15H2,1-2H3/t12-/m0/s1. The highest BCUT2D eigenvalue weighted by Crippen LogP contribution is 2.34. The summed E-state index contributed by atoms with van der Waals surface area (Å²) < 4.78 is 11.3. The summed E-state index contributed by atoms with van der Waals surface area (Å²) in [7, 11) is 0. The second kappa shape index (κ2) is 5.41. The van der Waals surface area contributed by atoms with Gasteiger partial charge in [0.2, 0.25) is 0 Å². The van der Waals surface area contributed by atoms with Gasteiger partial charge in [-0.25, -0.2) is 0 Å². The maximum absolute atomic E-state index is 5.84. The van der Waals surface area contributed by atoms with Crippen molar-refractivity contribution in [1.82, 2.24) is 0 Å². The zero-order valence-corrected chi connectivity index (χ0v) is 10.6. The van der Waals surface area contributed by atoms with Crippen LogP contribution in [0.2, 0.25) is 0 Å². The van der Waals surface area contributed by atoms with Crippen molar-refractivity contribution in [2.45, 2.75) is 26.2 Å². The van der Waals surface area contributed by atoms with Gasteiger partial charge < -0.3 is 15.2 Å². The topological polar surface area (TPSA) is 44.5 Å². The van der Waals surface area contributed by atoms with Crippen molar-refractivity contribution < 1.29 is 9.47 Å². The monoisotopic (exact) mass is 235 g/mol. The zero-order chi connectivity index (χ0) is 12.3. The molecule has 1 aliphatic rings. The Kier molecular flexibility index (Phi) is 3.89. The first-order valence-corrected chi connectivity index (χ1v) is 6.32. The van der Waals surface area contributed by atoms with E-state index in [4.69, 9.17) is 15.2 Å². The number of rotatable bonds is 3. The van der Waals surface area contributed by atoms with Gasteiger partial charge >= 0.3 is 0 Å². The molecule has 94 valence electrons. The molecule has 1 aromatic rings. The molecule has 0 fully saturated rings. The van der Waals surface area contributed by atoms with Crippen molar-refractivity contribution in [2.24, 2.45) is 11.7 Å². The van der Waals surface area contributed by atoms with Crippen LogP contribution in [0.1, 0.15) is 31.7 Å². The van der Waals surface area contributed by atoms with Gasteiger partial charge in [0.1, 0.15) is 0 Å². The minimum absolute atomic E-state index is 0.382. The van der Waals surface area contributed by atoms with E-state index in [1.54, 1.807) is 0 Å². The summed E-state index contributed by atoms with van der Waals surface area (Å²) in [5.41, 5.74) is 7.08. The van der Waals surface area contributed by atoms with Gasteiger partial charge in [0.15, 0.2) is 11.5 Å². The Hall–Kier alpha value is -1.22. The summed E-state index contributed by atoms with van der Waals surface area (Å²) in [5, 5.41) is 0. The van der Waals surface area contributed by atoms with Crippen LogP contribution in [0.5, 0.6) is 11.5 Å². The van der Waals surface area contributed by atoms with E-state index < -0.39 is 0 Å². The number of hydrogen-bond acceptors (Lipinski definition) is 3. The molecule has 3 nitrogen and oxygen atoms in total. The Morgan fingerprint density at radius 3 is 2.53 bits per heavy atom. The molecule has 2 N–H and O–H groups in total. The first-order valence-electron chi connectivity index (χ1n) is 6.32. The summed E-state index contributed by atoms with van der Waals surface area (Å²) in [4.78, 5) is 0. The lowest BCUT2D eigenvalue weighted by Gasteiger charge is -2.20. The van der Waals surface area contributed by atoms with Crippen LogP contribution in [-0.2, 0) is 0 Å². The van der Waals surface area contributed by atoms with E-state index in [1.165, 1.54) is 5.56 Å². The van der Waals surface area contributed by atoms with Crippen molar-refractivity contribution in [1.29, 1.82) is 0 Å². The van der Waals surface area contributed by atoms with Crippen molar-refractivity contribution in [3.05, 3.63) is 23.8 Å². The van der Waals surface area contributed by atoms with Crippen molar-refractivity contribution in [3.63, 3.8) is 0 Å². The van der Waals surface area contributed by atoms with Crippen LogP contribution in [0, 0.1) is 5.92 Å². The van der Waals surface area contributed by atoms with Gasteiger partial charge in [-0.1, -0.05) is 19.9 Å². The number of fused-ring (bicyclic) bond motifs is 1. The van der Waals surface area contributed by atoms with Crippen LogP contribution in [0.25, 0.3) is 0 Å². The number of hydrogen-bond donors (Lipinski definition) is 1. The van der Waals surface area contributed by atoms with Crippen LogP contribution in [0.15, 0.2) is 18.2 Å². The Morgan fingerprint density at radius 2 is 1.88 bits per heavy atom. The second-order valence-corrected chi connectivity index (χ2v) is 4.84. The van der Waals surface area contributed by atoms with Crippen LogP contribution in [0.3, 0.4) is 0 Å². The molecule has 0 bridgehead atoms. The molecule has 2 rings (SSSR count). The first kappa shape index (κ1) is 12.2. The van der Waals surface area contributed by atoms with Gasteiger partial charge in [-0.05, 0) is 36.1 Å². The zero-order valence-electron chi connectivity index (χ0n) is 10.6. The molecule has 1 aliphatic heterocycles. The Morgan fingerprint density at radius 1 is 1.18 bits per heavy atom. The lowest BCUT2D eigenvalue weighted by Crippen LogP contribution is -2.17. The Bertz CT molecular complexity index is 376. The van der Waals surface area contributed by atoms with E-state index in [0.717, 1.165) is 31.1 Å². The fourth-order valence-electron chi connectivity index (χ4n) is 2.20. The number of benzene rings is 1. The van der Waals surface area contributed by atoms with E-state index >= 15 is 0 Å². The molecule has 17 heavy (non-hydrogen) atoms. The highest BCUT2D eigenvalue weighted by atomic mass is 16.5. The van der Waals surface area contributed by atoms with Crippen molar-refractivity contribution in [2.75, 3.05) is 19.8 Å². The molecule has 1 heterocycles. The molecule has 0 saturated heterocycles. The molecule has 3 heteroatoms. The maximum Gasteiger partial charge on any atom is 0.161 e. The van der Waals surface area contributed by atoms with Crippen LogP contribution in [-0.4, -0.2) is 19.8 Å². The van der Waals surface area contributed by atoms with Gasteiger partial charge in [0, 0.05) is 6.42 Å². The molecule has 0 radical (unpaired) electrons. The molecular weight excluding hydrogens is 214 g/mol. The fraction of sp³-hybridized carbons (Fsp3) is 0.571.